The van der Waals surface area contributed by atoms with Crippen molar-refractivity contribution in [3.05, 3.63) is 29.8 Å². The summed E-state index contributed by atoms with van der Waals surface area (Å²) in [6, 6.07) is 7.48. The Kier molecular flexibility index (Phi) is 7.13. The van der Waals surface area contributed by atoms with E-state index in [9.17, 15) is 9.59 Å². The number of amides is 2. The maximum absolute atomic E-state index is 12.7. The molecule has 1 heterocycles. The lowest BCUT2D eigenvalue weighted by molar-refractivity contribution is -0.137. The largest absolute Gasteiger partial charge is 0.494 e. The van der Waals surface area contributed by atoms with E-state index in [4.69, 9.17) is 4.74 Å². The van der Waals surface area contributed by atoms with Crippen molar-refractivity contribution in [3.8, 4) is 5.75 Å². The molecule has 1 saturated heterocycles. The van der Waals surface area contributed by atoms with Crippen LogP contribution in [0.2, 0.25) is 0 Å². The number of benzene rings is 1. The zero-order valence-corrected chi connectivity index (χ0v) is 16.4. The van der Waals surface area contributed by atoms with E-state index >= 15 is 0 Å². The van der Waals surface area contributed by atoms with Crippen molar-refractivity contribution >= 4 is 11.8 Å². The predicted octanol–water partition coefficient (Wildman–Crippen LogP) is 3.78. The Morgan fingerprint density at radius 3 is 2.56 bits per heavy atom. The van der Waals surface area contributed by atoms with Gasteiger partial charge in [0.05, 0.1) is 6.61 Å². The highest BCUT2D eigenvalue weighted by Gasteiger charge is 2.29. The molecule has 1 N–H and O–H groups in total. The van der Waals surface area contributed by atoms with Crippen LogP contribution in [0.4, 0.5) is 0 Å². The van der Waals surface area contributed by atoms with Gasteiger partial charge < -0.3 is 15.0 Å². The molecule has 1 aromatic carbocycles. The van der Waals surface area contributed by atoms with Crippen LogP contribution in [0.3, 0.4) is 0 Å². The van der Waals surface area contributed by atoms with Crippen LogP contribution in [0.25, 0.3) is 0 Å². The van der Waals surface area contributed by atoms with E-state index in [-0.39, 0.29) is 17.9 Å². The molecule has 5 nitrogen and oxygen atoms in total. The highest BCUT2D eigenvalue weighted by molar-refractivity contribution is 5.94. The summed E-state index contributed by atoms with van der Waals surface area (Å²) in [5.41, 5.74) is 0.629. The molecule has 1 aliphatic carbocycles. The van der Waals surface area contributed by atoms with Gasteiger partial charge >= 0.3 is 0 Å². The first-order valence-electron chi connectivity index (χ1n) is 10.5. The predicted molar refractivity (Wildman–Crippen MR) is 106 cm³/mol. The summed E-state index contributed by atoms with van der Waals surface area (Å²) in [4.78, 5) is 27.2. The first-order valence-corrected chi connectivity index (χ1v) is 10.5. The van der Waals surface area contributed by atoms with E-state index in [2.05, 4.69) is 12.2 Å². The average Bonchev–Trinajstić information content (AvgIpc) is 2.73. The number of hydrogen-bond donors (Lipinski definition) is 1. The molecule has 0 bridgehead atoms. The molecule has 2 aliphatic rings. The zero-order valence-electron chi connectivity index (χ0n) is 16.4. The summed E-state index contributed by atoms with van der Waals surface area (Å²) in [5.74, 6) is 1.24. The second-order valence-electron chi connectivity index (χ2n) is 7.78. The number of piperidine rings is 1. The first-order chi connectivity index (χ1) is 13.2. The van der Waals surface area contributed by atoms with Crippen LogP contribution in [-0.2, 0) is 4.79 Å². The molecule has 148 valence electrons. The Bertz CT molecular complexity index is 632. The van der Waals surface area contributed by atoms with Crippen LogP contribution in [0.1, 0.15) is 68.6 Å². The highest BCUT2D eigenvalue weighted by atomic mass is 16.5. The van der Waals surface area contributed by atoms with Gasteiger partial charge in [-0.2, -0.15) is 0 Å². The van der Waals surface area contributed by atoms with Gasteiger partial charge in [0.1, 0.15) is 5.75 Å². The lowest BCUT2D eigenvalue weighted by Crippen LogP contribution is -2.48. The normalized spacial score (nSPS) is 18.9. The second-order valence-corrected chi connectivity index (χ2v) is 7.78. The molecule has 0 spiro atoms. The molecular formula is C22H32N2O3. The second kappa shape index (κ2) is 9.77. The van der Waals surface area contributed by atoms with Crippen LogP contribution in [0.5, 0.6) is 5.75 Å². The van der Waals surface area contributed by atoms with Crippen molar-refractivity contribution in [2.45, 2.75) is 64.3 Å². The van der Waals surface area contributed by atoms with E-state index in [0.29, 0.717) is 18.1 Å². The highest BCUT2D eigenvalue weighted by Crippen LogP contribution is 2.26. The summed E-state index contributed by atoms with van der Waals surface area (Å²) in [6.45, 7) is 4.21. The van der Waals surface area contributed by atoms with Crippen molar-refractivity contribution in [1.82, 2.24) is 10.2 Å². The van der Waals surface area contributed by atoms with Gasteiger partial charge in [0, 0.05) is 30.6 Å². The van der Waals surface area contributed by atoms with Crippen LogP contribution >= 0.6 is 0 Å². The van der Waals surface area contributed by atoms with Crippen molar-refractivity contribution in [2.75, 3.05) is 19.7 Å². The van der Waals surface area contributed by atoms with E-state index in [1.54, 1.807) is 6.07 Å². The van der Waals surface area contributed by atoms with E-state index in [1.807, 2.05) is 23.1 Å². The first kappa shape index (κ1) is 19.7. The lowest BCUT2D eigenvalue weighted by atomic mass is 9.87. The Morgan fingerprint density at radius 2 is 1.85 bits per heavy atom. The van der Waals surface area contributed by atoms with Crippen molar-refractivity contribution in [2.24, 2.45) is 5.92 Å². The Morgan fingerprint density at radius 1 is 1.11 bits per heavy atom. The monoisotopic (exact) mass is 372 g/mol. The van der Waals surface area contributed by atoms with Gasteiger partial charge in [-0.1, -0.05) is 32.3 Å². The minimum Gasteiger partial charge on any atom is -0.494 e. The molecule has 1 saturated carbocycles. The van der Waals surface area contributed by atoms with Crippen LogP contribution in [0.15, 0.2) is 24.3 Å². The van der Waals surface area contributed by atoms with Crippen molar-refractivity contribution in [3.63, 3.8) is 0 Å². The fourth-order valence-electron chi connectivity index (χ4n) is 4.07. The fraction of sp³-hybridized carbons (Fsp3) is 0.636. The van der Waals surface area contributed by atoms with Gasteiger partial charge in [0.2, 0.25) is 5.91 Å². The topological polar surface area (TPSA) is 58.6 Å². The molecule has 0 radical (unpaired) electrons. The molecule has 3 rings (SSSR count). The summed E-state index contributed by atoms with van der Waals surface area (Å²) in [6.07, 6.45) is 8.33. The molecule has 1 aromatic rings. The van der Waals surface area contributed by atoms with E-state index in [1.165, 1.54) is 19.3 Å². The summed E-state index contributed by atoms with van der Waals surface area (Å²) >= 11 is 0. The van der Waals surface area contributed by atoms with Gasteiger partial charge in [-0.05, 0) is 50.3 Å². The molecule has 2 fully saturated rings. The van der Waals surface area contributed by atoms with Gasteiger partial charge in [-0.3, -0.25) is 9.59 Å². The molecule has 2 amide bonds. The maximum atomic E-state index is 12.7. The summed E-state index contributed by atoms with van der Waals surface area (Å²) in [7, 11) is 0. The van der Waals surface area contributed by atoms with Gasteiger partial charge in [-0.15, -0.1) is 0 Å². The van der Waals surface area contributed by atoms with E-state index in [0.717, 1.165) is 50.9 Å². The van der Waals surface area contributed by atoms with E-state index < -0.39 is 0 Å². The minimum atomic E-state index is -0.0611. The smallest absolute Gasteiger partial charge is 0.251 e. The number of nitrogens with one attached hydrogen (secondary N) is 1. The number of ether oxygens (including phenoxy) is 1. The minimum absolute atomic E-state index is 0.0611. The molecule has 5 heteroatoms. The SMILES string of the molecule is CCCOc1cccc(C(=O)NC2CCN(C(=O)C3CCCCC3)CC2)c1. The molecule has 0 unspecified atom stereocenters. The maximum Gasteiger partial charge on any atom is 0.251 e. The molecule has 0 aromatic heterocycles. The standard InChI is InChI=1S/C22H32N2O3/c1-2-15-27-20-10-6-9-18(16-20)21(25)23-19-11-13-24(14-12-19)22(26)17-7-4-3-5-8-17/h6,9-10,16-17,19H,2-5,7-8,11-15H2,1H3,(H,23,25). The number of carbonyl (C=O) groups is 2. The lowest BCUT2D eigenvalue weighted by Gasteiger charge is -2.35. The Labute approximate surface area is 162 Å². The number of likely N-dealkylation sites (tertiary alicyclic amines) is 1. The number of carbonyl (C=O) groups excluding carboxylic acids is 2. The molecule has 1 aliphatic heterocycles. The van der Waals surface area contributed by atoms with Crippen molar-refractivity contribution < 1.29 is 14.3 Å². The third kappa shape index (κ3) is 5.47. The third-order valence-corrected chi connectivity index (χ3v) is 5.67. The number of rotatable bonds is 6. The van der Waals surface area contributed by atoms with Crippen LogP contribution in [-0.4, -0.2) is 42.5 Å². The summed E-state index contributed by atoms with van der Waals surface area (Å²) in [5, 5.41) is 3.13. The molecular weight excluding hydrogens is 340 g/mol. The molecule has 0 atom stereocenters. The van der Waals surface area contributed by atoms with Crippen LogP contribution < -0.4 is 10.1 Å². The fourth-order valence-corrected chi connectivity index (χ4v) is 4.07. The number of nitrogens with zero attached hydrogens (tertiary/aromatic N) is 1. The Balaban J connectivity index is 1.47. The third-order valence-electron chi connectivity index (χ3n) is 5.67. The zero-order chi connectivity index (χ0) is 19.1. The summed E-state index contributed by atoms with van der Waals surface area (Å²) < 4.78 is 5.61. The average molecular weight is 373 g/mol. The van der Waals surface area contributed by atoms with Crippen LogP contribution in [0, 0.1) is 5.92 Å². The quantitative estimate of drug-likeness (QED) is 0.827. The van der Waals surface area contributed by atoms with Gasteiger partial charge in [0.25, 0.3) is 5.91 Å². The van der Waals surface area contributed by atoms with Gasteiger partial charge in [-0.25, -0.2) is 0 Å². The van der Waals surface area contributed by atoms with Crippen molar-refractivity contribution in [1.29, 1.82) is 0 Å². The molecule has 27 heavy (non-hydrogen) atoms. The Hall–Kier alpha value is -2.04. The van der Waals surface area contributed by atoms with Gasteiger partial charge in [0.15, 0.2) is 0 Å². The number of hydrogen-bond acceptors (Lipinski definition) is 3.